The zero-order chi connectivity index (χ0) is 19.4. The van der Waals surface area contributed by atoms with E-state index in [0.717, 1.165) is 31.4 Å². The van der Waals surface area contributed by atoms with Crippen molar-refractivity contribution >= 4 is 34.9 Å². The summed E-state index contributed by atoms with van der Waals surface area (Å²) in [4.78, 5) is 18.0. The molecule has 4 nitrogen and oxygen atoms in total. The Morgan fingerprint density at radius 2 is 2.19 bits per heavy atom. The fourth-order valence-electron chi connectivity index (χ4n) is 3.24. The third-order valence-electron chi connectivity index (χ3n) is 4.38. The highest BCUT2D eigenvalue weighted by atomic mass is 35.5. The van der Waals surface area contributed by atoms with Gasteiger partial charge < -0.3 is 9.94 Å². The van der Waals surface area contributed by atoms with Gasteiger partial charge in [-0.05, 0) is 37.0 Å². The summed E-state index contributed by atoms with van der Waals surface area (Å²) in [5, 5.41) is 15.2. The standard InChI is InChI=1S/C20H32ClNO3S/c1-4-6-7-9-17(22-25-11-8-10-21)20-18(23)13-16(14-19(20)24)12-15(3)26-5-2/h8,10,15-16,23H,4-7,9,11-14H2,1-3H3/b10-8+,22-17?. The molecule has 0 saturated heterocycles. The predicted octanol–water partition coefficient (Wildman–Crippen LogP) is 6.01. The number of ketones is 1. The third kappa shape index (κ3) is 8.17. The number of carbonyl (C=O) groups excluding carboxylic acids is 1. The van der Waals surface area contributed by atoms with Crippen molar-refractivity contribution in [2.24, 2.45) is 11.1 Å². The van der Waals surface area contributed by atoms with Crippen molar-refractivity contribution in [3.63, 3.8) is 0 Å². The van der Waals surface area contributed by atoms with Crippen molar-refractivity contribution in [3.05, 3.63) is 22.9 Å². The van der Waals surface area contributed by atoms with E-state index in [2.05, 4.69) is 25.9 Å². The van der Waals surface area contributed by atoms with Gasteiger partial charge in [0, 0.05) is 23.6 Å². The van der Waals surface area contributed by atoms with Crippen LogP contribution >= 0.6 is 23.4 Å². The molecule has 1 N–H and O–H groups in total. The van der Waals surface area contributed by atoms with Crippen molar-refractivity contribution in [3.8, 4) is 0 Å². The second-order valence-electron chi connectivity index (χ2n) is 6.67. The number of aliphatic hydroxyl groups excluding tert-OH is 1. The Hall–Kier alpha value is -0.940. The van der Waals surface area contributed by atoms with Gasteiger partial charge in [0.05, 0.1) is 11.3 Å². The molecule has 0 aromatic heterocycles. The molecule has 0 aromatic carbocycles. The zero-order valence-electron chi connectivity index (χ0n) is 16.2. The molecule has 1 aliphatic carbocycles. The maximum atomic E-state index is 12.7. The molecule has 26 heavy (non-hydrogen) atoms. The Kier molecular flexibility index (Phi) is 11.8. The molecule has 0 amide bonds. The van der Waals surface area contributed by atoms with E-state index in [0.29, 0.717) is 35.8 Å². The first kappa shape index (κ1) is 23.1. The number of allylic oxidation sites excluding steroid dienone is 2. The number of aliphatic hydroxyl groups is 1. The monoisotopic (exact) mass is 401 g/mol. The van der Waals surface area contributed by atoms with Crippen LogP contribution in [0.5, 0.6) is 0 Å². The van der Waals surface area contributed by atoms with E-state index < -0.39 is 0 Å². The van der Waals surface area contributed by atoms with Crippen LogP contribution in [0.4, 0.5) is 0 Å². The highest BCUT2D eigenvalue weighted by Gasteiger charge is 2.31. The fraction of sp³-hybridized carbons (Fsp3) is 0.700. The van der Waals surface area contributed by atoms with Crippen LogP contribution in [-0.4, -0.2) is 34.2 Å². The Morgan fingerprint density at radius 1 is 1.42 bits per heavy atom. The minimum Gasteiger partial charge on any atom is -0.511 e. The number of halogens is 1. The summed E-state index contributed by atoms with van der Waals surface area (Å²) in [7, 11) is 0. The fourth-order valence-corrected chi connectivity index (χ4v) is 4.29. The van der Waals surface area contributed by atoms with Gasteiger partial charge in [-0.25, -0.2) is 0 Å². The summed E-state index contributed by atoms with van der Waals surface area (Å²) >= 11 is 7.37. The number of carbonyl (C=O) groups is 1. The van der Waals surface area contributed by atoms with E-state index in [1.807, 2.05) is 11.8 Å². The van der Waals surface area contributed by atoms with Gasteiger partial charge in [0.2, 0.25) is 0 Å². The van der Waals surface area contributed by atoms with Crippen LogP contribution in [0.15, 0.2) is 28.1 Å². The first-order chi connectivity index (χ1) is 12.5. The molecular weight excluding hydrogens is 370 g/mol. The molecule has 0 aliphatic heterocycles. The maximum absolute atomic E-state index is 12.7. The summed E-state index contributed by atoms with van der Waals surface area (Å²) in [5.41, 5.74) is 2.32. The summed E-state index contributed by atoms with van der Waals surface area (Å²) in [6.07, 6.45) is 7.29. The number of rotatable bonds is 12. The molecule has 1 aliphatic rings. The van der Waals surface area contributed by atoms with Gasteiger partial charge in [-0.2, -0.15) is 11.8 Å². The van der Waals surface area contributed by atoms with Gasteiger partial charge in [-0.3, -0.25) is 4.79 Å². The number of hydrogen-bond acceptors (Lipinski definition) is 5. The molecule has 0 bridgehead atoms. The Balaban J connectivity index is 2.87. The van der Waals surface area contributed by atoms with Crippen molar-refractivity contribution in [2.45, 2.75) is 71.0 Å². The molecule has 2 unspecified atom stereocenters. The maximum Gasteiger partial charge on any atom is 0.168 e. The van der Waals surface area contributed by atoms with E-state index in [1.54, 1.807) is 6.08 Å². The Bertz CT molecular complexity index is 531. The molecular formula is C20H32ClNO3S. The lowest BCUT2D eigenvalue weighted by Crippen LogP contribution is -2.26. The van der Waals surface area contributed by atoms with E-state index >= 15 is 0 Å². The number of nitrogens with zero attached hydrogens (tertiary/aromatic N) is 1. The van der Waals surface area contributed by atoms with Gasteiger partial charge in [-0.15, -0.1) is 0 Å². The minimum atomic E-state index is -0.0146. The lowest BCUT2D eigenvalue weighted by Gasteiger charge is -2.26. The van der Waals surface area contributed by atoms with Crippen LogP contribution < -0.4 is 0 Å². The zero-order valence-corrected chi connectivity index (χ0v) is 17.7. The second-order valence-corrected chi connectivity index (χ2v) is 8.64. The SMILES string of the molecule is CCCCCC(=NOC/C=C/Cl)C1=C(O)CC(CC(C)SCC)CC1=O. The van der Waals surface area contributed by atoms with Crippen LogP contribution in [0.2, 0.25) is 0 Å². The Morgan fingerprint density at radius 3 is 2.81 bits per heavy atom. The highest BCUT2D eigenvalue weighted by Crippen LogP contribution is 2.33. The summed E-state index contributed by atoms with van der Waals surface area (Å²) in [5.74, 6) is 1.43. The molecule has 2 atom stereocenters. The van der Waals surface area contributed by atoms with Crippen LogP contribution in [-0.2, 0) is 9.63 Å². The van der Waals surface area contributed by atoms with Crippen molar-refractivity contribution in [2.75, 3.05) is 12.4 Å². The van der Waals surface area contributed by atoms with E-state index in [-0.39, 0.29) is 24.1 Å². The number of thioether (sulfide) groups is 1. The first-order valence-corrected chi connectivity index (χ1v) is 11.0. The average Bonchev–Trinajstić information content (AvgIpc) is 2.58. The second kappa shape index (κ2) is 13.3. The lowest BCUT2D eigenvalue weighted by molar-refractivity contribution is -0.116. The van der Waals surface area contributed by atoms with Gasteiger partial charge >= 0.3 is 0 Å². The molecule has 0 fully saturated rings. The lowest BCUT2D eigenvalue weighted by atomic mass is 9.82. The number of hydrogen-bond donors (Lipinski definition) is 1. The molecule has 0 saturated carbocycles. The van der Waals surface area contributed by atoms with Gasteiger partial charge in [-0.1, -0.05) is 50.4 Å². The minimum absolute atomic E-state index is 0.0146. The van der Waals surface area contributed by atoms with Crippen LogP contribution in [0.25, 0.3) is 0 Å². The number of oxime groups is 1. The smallest absolute Gasteiger partial charge is 0.168 e. The average molecular weight is 402 g/mol. The van der Waals surface area contributed by atoms with Crippen molar-refractivity contribution < 1.29 is 14.7 Å². The van der Waals surface area contributed by atoms with Gasteiger partial charge in [0.1, 0.15) is 12.4 Å². The first-order valence-electron chi connectivity index (χ1n) is 9.54. The van der Waals surface area contributed by atoms with Crippen LogP contribution in [0, 0.1) is 5.92 Å². The summed E-state index contributed by atoms with van der Waals surface area (Å²) in [6.45, 7) is 6.70. The number of unbranched alkanes of at least 4 members (excludes halogenated alkanes) is 2. The normalized spacial score (nSPS) is 20.1. The van der Waals surface area contributed by atoms with Gasteiger partial charge in [0.15, 0.2) is 5.78 Å². The predicted molar refractivity (Wildman–Crippen MR) is 112 cm³/mol. The van der Waals surface area contributed by atoms with Crippen LogP contribution in [0.3, 0.4) is 0 Å². The molecule has 0 spiro atoms. The quantitative estimate of drug-likeness (QED) is 0.247. The van der Waals surface area contributed by atoms with Crippen molar-refractivity contribution in [1.82, 2.24) is 0 Å². The Labute approximate surface area is 167 Å². The van der Waals surface area contributed by atoms with E-state index in [4.69, 9.17) is 16.4 Å². The molecule has 0 aromatic rings. The topological polar surface area (TPSA) is 58.9 Å². The summed E-state index contributed by atoms with van der Waals surface area (Å²) in [6, 6.07) is 0. The highest BCUT2D eigenvalue weighted by molar-refractivity contribution is 7.99. The molecule has 0 radical (unpaired) electrons. The largest absolute Gasteiger partial charge is 0.511 e. The summed E-state index contributed by atoms with van der Waals surface area (Å²) < 4.78 is 0. The number of Topliss-reactive ketones (excluding diaryl/α,β-unsaturated/α-hetero) is 1. The van der Waals surface area contributed by atoms with E-state index in [9.17, 15) is 9.90 Å². The molecule has 1 rings (SSSR count). The third-order valence-corrected chi connectivity index (χ3v) is 5.65. The molecule has 6 heteroatoms. The van der Waals surface area contributed by atoms with Gasteiger partial charge in [0.25, 0.3) is 0 Å². The molecule has 0 heterocycles. The van der Waals surface area contributed by atoms with E-state index in [1.165, 1.54) is 5.54 Å². The molecule has 148 valence electrons. The van der Waals surface area contributed by atoms with Crippen molar-refractivity contribution in [1.29, 1.82) is 0 Å². The van der Waals surface area contributed by atoms with Crippen LogP contribution in [0.1, 0.15) is 65.7 Å².